The Morgan fingerprint density at radius 2 is 0.870 bits per heavy atom. The summed E-state index contributed by atoms with van der Waals surface area (Å²) in [6.45, 7) is 4.14. The Labute approximate surface area is 287 Å². The van der Waals surface area contributed by atoms with Gasteiger partial charge in [0.05, 0.1) is 18.8 Å². The molecule has 0 bridgehead atoms. The third kappa shape index (κ3) is 31.7. The van der Waals surface area contributed by atoms with Gasteiger partial charge in [0, 0.05) is 6.42 Å². The first kappa shape index (κ1) is 45.1. The average Bonchev–Trinajstić information content (AvgIpc) is 3.06. The second-order valence-electron chi connectivity index (χ2n) is 14.2. The topological polar surface area (TPSA) is 89.8 Å². The van der Waals surface area contributed by atoms with Crippen molar-refractivity contribution < 1.29 is 20.1 Å². The van der Waals surface area contributed by atoms with Gasteiger partial charge in [-0.05, 0) is 38.5 Å². The highest BCUT2D eigenvalue weighted by Crippen LogP contribution is 2.16. The molecule has 0 aliphatic carbocycles. The summed E-state index contributed by atoms with van der Waals surface area (Å²) in [7, 11) is 0. The van der Waals surface area contributed by atoms with Crippen LogP contribution >= 0.6 is 0 Å². The van der Waals surface area contributed by atoms with Gasteiger partial charge in [-0.3, -0.25) is 4.79 Å². The zero-order valence-electron chi connectivity index (χ0n) is 31.0. The van der Waals surface area contributed by atoms with Crippen LogP contribution in [0.1, 0.15) is 219 Å². The van der Waals surface area contributed by atoms with Crippen molar-refractivity contribution in [2.75, 3.05) is 6.61 Å². The molecule has 0 aromatic heterocycles. The Kier molecular flexibility index (Phi) is 36.2. The molecule has 0 spiro atoms. The third-order valence-electron chi connectivity index (χ3n) is 9.62. The van der Waals surface area contributed by atoms with Crippen LogP contribution < -0.4 is 5.32 Å². The molecule has 0 rings (SSSR count). The Hall–Kier alpha value is -0.910. The second-order valence-corrected chi connectivity index (χ2v) is 14.2. The van der Waals surface area contributed by atoms with Crippen LogP contribution in [0.5, 0.6) is 0 Å². The predicted molar refractivity (Wildman–Crippen MR) is 199 cm³/mol. The molecule has 0 aromatic carbocycles. The van der Waals surface area contributed by atoms with Crippen molar-refractivity contribution in [2.24, 2.45) is 0 Å². The maximum absolute atomic E-state index is 12.4. The minimum atomic E-state index is -1.15. The van der Waals surface area contributed by atoms with E-state index in [0.717, 1.165) is 38.5 Å². The van der Waals surface area contributed by atoms with Gasteiger partial charge >= 0.3 is 0 Å². The summed E-state index contributed by atoms with van der Waals surface area (Å²) in [5.41, 5.74) is 0. The molecule has 0 saturated heterocycles. The zero-order valence-corrected chi connectivity index (χ0v) is 31.0. The van der Waals surface area contributed by atoms with Crippen molar-refractivity contribution >= 4 is 5.91 Å². The van der Waals surface area contributed by atoms with Crippen molar-refractivity contribution in [2.45, 2.75) is 238 Å². The van der Waals surface area contributed by atoms with Crippen molar-refractivity contribution in [3.63, 3.8) is 0 Å². The minimum absolute atomic E-state index is 0.152. The SMILES string of the molecule is CCCCCCC/C=C/CCCC(O)C(O)C(CO)NC(=O)CCCCCCCCCCCCCCCCCCCCCCCC. The lowest BCUT2D eigenvalue weighted by molar-refractivity contribution is -0.124. The van der Waals surface area contributed by atoms with E-state index in [1.807, 2.05) is 0 Å². The van der Waals surface area contributed by atoms with E-state index in [1.54, 1.807) is 0 Å². The minimum Gasteiger partial charge on any atom is -0.394 e. The van der Waals surface area contributed by atoms with E-state index in [9.17, 15) is 20.1 Å². The standard InChI is InChI=1S/C41H81NO4/c1-3-5-7-9-11-13-15-16-17-18-19-20-21-22-23-24-25-26-28-30-32-34-36-40(45)42-38(37-43)41(46)39(44)35-33-31-29-27-14-12-10-8-6-4-2/h27,29,38-39,41,43-44,46H,3-26,28,30-37H2,1-2H3,(H,42,45)/b29-27+. The number of nitrogens with one attached hydrogen (secondary N) is 1. The number of aliphatic hydroxyl groups is 3. The first-order chi connectivity index (χ1) is 22.6. The summed E-state index contributed by atoms with van der Waals surface area (Å²) in [5, 5.41) is 33.3. The molecule has 0 radical (unpaired) electrons. The maximum atomic E-state index is 12.4. The molecule has 0 saturated carbocycles. The predicted octanol–water partition coefficient (Wildman–Crippen LogP) is 11.3. The van der Waals surface area contributed by atoms with Gasteiger partial charge in [0.1, 0.15) is 6.10 Å². The lowest BCUT2D eigenvalue weighted by Gasteiger charge is -2.26. The van der Waals surface area contributed by atoms with Crippen LogP contribution in [-0.4, -0.2) is 46.1 Å². The normalized spacial score (nSPS) is 13.8. The summed E-state index contributed by atoms with van der Waals surface area (Å²) in [6.07, 6.45) is 41.8. The molecular formula is C41H81NO4. The summed E-state index contributed by atoms with van der Waals surface area (Å²) in [6, 6.07) is -0.819. The van der Waals surface area contributed by atoms with Crippen LogP contribution in [0, 0.1) is 0 Å². The molecule has 3 unspecified atom stereocenters. The van der Waals surface area contributed by atoms with Crippen LogP contribution in [-0.2, 0) is 4.79 Å². The molecular weight excluding hydrogens is 570 g/mol. The van der Waals surface area contributed by atoms with Crippen LogP contribution in [0.2, 0.25) is 0 Å². The van der Waals surface area contributed by atoms with Crippen molar-refractivity contribution in [1.82, 2.24) is 5.32 Å². The molecule has 1 amide bonds. The number of carbonyl (C=O) groups is 1. The van der Waals surface area contributed by atoms with E-state index >= 15 is 0 Å². The lowest BCUT2D eigenvalue weighted by Crippen LogP contribution is -2.50. The average molecular weight is 652 g/mol. The smallest absolute Gasteiger partial charge is 0.220 e. The number of carbonyl (C=O) groups excluding carboxylic acids is 1. The lowest BCUT2D eigenvalue weighted by atomic mass is 10.0. The van der Waals surface area contributed by atoms with Gasteiger partial charge < -0.3 is 20.6 Å². The molecule has 4 N–H and O–H groups in total. The summed E-state index contributed by atoms with van der Waals surface area (Å²) < 4.78 is 0. The van der Waals surface area contributed by atoms with Gasteiger partial charge in [0.2, 0.25) is 5.91 Å². The van der Waals surface area contributed by atoms with Crippen LogP contribution in [0.4, 0.5) is 0 Å². The van der Waals surface area contributed by atoms with Gasteiger partial charge in [-0.15, -0.1) is 0 Å². The van der Waals surface area contributed by atoms with Crippen molar-refractivity contribution in [3.05, 3.63) is 12.2 Å². The zero-order chi connectivity index (χ0) is 33.8. The van der Waals surface area contributed by atoms with E-state index in [4.69, 9.17) is 0 Å². The molecule has 5 heteroatoms. The summed E-state index contributed by atoms with van der Waals surface area (Å²) >= 11 is 0. The molecule has 46 heavy (non-hydrogen) atoms. The first-order valence-corrected chi connectivity index (χ1v) is 20.5. The first-order valence-electron chi connectivity index (χ1n) is 20.5. The fraction of sp³-hybridized carbons (Fsp3) is 0.927. The van der Waals surface area contributed by atoms with Crippen LogP contribution in [0.15, 0.2) is 12.2 Å². The molecule has 5 nitrogen and oxygen atoms in total. The summed E-state index contributed by atoms with van der Waals surface area (Å²) in [4.78, 5) is 12.4. The van der Waals surface area contributed by atoms with Gasteiger partial charge in [-0.25, -0.2) is 0 Å². The Balaban J connectivity index is 3.57. The van der Waals surface area contributed by atoms with Gasteiger partial charge in [-0.2, -0.15) is 0 Å². The molecule has 0 aromatic rings. The molecule has 0 fully saturated rings. The highest BCUT2D eigenvalue weighted by atomic mass is 16.3. The maximum Gasteiger partial charge on any atom is 0.220 e. The number of hydrogen-bond acceptors (Lipinski definition) is 4. The van der Waals surface area contributed by atoms with Gasteiger partial charge in [0.15, 0.2) is 0 Å². The Bertz CT molecular complexity index is 640. The number of unbranched alkanes of at least 4 members (excludes halogenated alkanes) is 27. The fourth-order valence-corrected chi connectivity index (χ4v) is 6.40. The third-order valence-corrected chi connectivity index (χ3v) is 9.62. The van der Waals surface area contributed by atoms with E-state index in [1.165, 1.54) is 154 Å². The number of allylic oxidation sites excluding steroid dienone is 2. The van der Waals surface area contributed by atoms with E-state index in [0.29, 0.717) is 12.8 Å². The summed E-state index contributed by atoms with van der Waals surface area (Å²) in [5.74, 6) is -0.152. The number of hydrogen-bond donors (Lipinski definition) is 4. The second kappa shape index (κ2) is 36.9. The van der Waals surface area contributed by atoms with Crippen LogP contribution in [0.25, 0.3) is 0 Å². The molecule has 0 heterocycles. The Morgan fingerprint density at radius 3 is 1.26 bits per heavy atom. The highest BCUT2D eigenvalue weighted by molar-refractivity contribution is 5.76. The van der Waals surface area contributed by atoms with E-state index in [2.05, 4.69) is 31.3 Å². The molecule has 0 aliphatic rings. The van der Waals surface area contributed by atoms with E-state index < -0.39 is 18.2 Å². The quantitative estimate of drug-likeness (QED) is 0.0397. The van der Waals surface area contributed by atoms with Crippen molar-refractivity contribution in [1.29, 1.82) is 0 Å². The molecule has 274 valence electrons. The molecule has 0 aliphatic heterocycles. The number of aliphatic hydroxyl groups excluding tert-OH is 3. The largest absolute Gasteiger partial charge is 0.394 e. The van der Waals surface area contributed by atoms with Gasteiger partial charge in [-0.1, -0.05) is 187 Å². The Morgan fingerprint density at radius 1 is 0.522 bits per heavy atom. The number of rotatable bonds is 37. The molecule has 3 atom stereocenters. The fourth-order valence-electron chi connectivity index (χ4n) is 6.40. The van der Waals surface area contributed by atoms with E-state index in [-0.39, 0.29) is 12.5 Å². The monoisotopic (exact) mass is 652 g/mol. The highest BCUT2D eigenvalue weighted by Gasteiger charge is 2.26. The van der Waals surface area contributed by atoms with Crippen molar-refractivity contribution in [3.8, 4) is 0 Å². The number of amides is 1. The van der Waals surface area contributed by atoms with Crippen LogP contribution in [0.3, 0.4) is 0 Å². The van der Waals surface area contributed by atoms with Gasteiger partial charge in [0.25, 0.3) is 0 Å².